The van der Waals surface area contributed by atoms with Gasteiger partial charge in [-0.1, -0.05) is 146 Å². The summed E-state index contributed by atoms with van der Waals surface area (Å²) in [6.07, 6.45) is 1.77. The molecule has 0 atom stereocenters. The molecule has 0 unspecified atom stereocenters. The Balaban J connectivity index is 1.04. The van der Waals surface area contributed by atoms with Crippen LogP contribution in [0, 0.1) is 0 Å². The Hall–Kier alpha value is -8.42. The maximum absolute atomic E-state index is 6.83. The van der Waals surface area contributed by atoms with Crippen LogP contribution in [0.2, 0.25) is 0 Å². The molecule has 0 aliphatic rings. The van der Waals surface area contributed by atoms with E-state index in [2.05, 4.69) is 150 Å². The lowest BCUT2D eigenvalue weighted by atomic mass is 10.0. The first-order valence-corrected chi connectivity index (χ1v) is 20.3. The van der Waals surface area contributed by atoms with E-state index >= 15 is 0 Å². The Bertz CT molecular complexity index is 3880. The number of furan rings is 2. The molecule has 0 saturated carbocycles. The molecule has 13 rings (SSSR count). The van der Waals surface area contributed by atoms with E-state index in [0.717, 1.165) is 82.8 Å². The molecule has 0 aliphatic heterocycles. The lowest BCUT2D eigenvalue weighted by molar-refractivity contribution is 0.652. The third-order valence-electron chi connectivity index (χ3n) is 11.9. The molecule has 284 valence electrons. The Morgan fingerprint density at radius 3 is 1.95 bits per heavy atom. The van der Waals surface area contributed by atoms with E-state index in [1.807, 2.05) is 36.4 Å². The van der Waals surface area contributed by atoms with Crippen molar-refractivity contribution in [2.24, 2.45) is 0 Å². The lowest BCUT2D eigenvalue weighted by Gasteiger charge is -2.11. The van der Waals surface area contributed by atoms with E-state index in [4.69, 9.17) is 28.8 Å². The third kappa shape index (κ3) is 5.17. The van der Waals surface area contributed by atoms with Crippen molar-refractivity contribution in [1.82, 2.24) is 24.5 Å². The molecular formula is C54H31N5O2. The zero-order chi connectivity index (χ0) is 40.0. The molecule has 0 aliphatic carbocycles. The van der Waals surface area contributed by atoms with Gasteiger partial charge in [-0.05, 0) is 52.9 Å². The number of hydrogen-bond acceptors (Lipinski definition) is 6. The fourth-order valence-electron chi connectivity index (χ4n) is 9.11. The minimum atomic E-state index is 0.505. The molecule has 61 heavy (non-hydrogen) atoms. The normalized spacial score (nSPS) is 11.9. The molecule has 0 N–H and O–H groups in total. The van der Waals surface area contributed by atoms with Crippen molar-refractivity contribution in [3.63, 3.8) is 0 Å². The summed E-state index contributed by atoms with van der Waals surface area (Å²) in [6.45, 7) is 0. The third-order valence-corrected chi connectivity index (χ3v) is 11.9. The SMILES string of the molecule is c1ccc(-c2ccc(-c3nc(-c4ccc5c(c4)oc4ccccc45)nc(-c4ccnc5oc6c(-n7c8ccccc8c8ccc9ccccc9c87)cccc6c45)n3)cc2)cc1. The average molecular weight is 782 g/mol. The Morgan fingerprint density at radius 2 is 1.07 bits per heavy atom. The molecule has 0 fully saturated rings. The first-order chi connectivity index (χ1) is 30.2. The molecule has 5 aromatic heterocycles. The van der Waals surface area contributed by atoms with Gasteiger partial charge in [0.2, 0.25) is 5.71 Å². The smallest absolute Gasteiger partial charge is 0.228 e. The van der Waals surface area contributed by atoms with E-state index in [0.29, 0.717) is 23.2 Å². The van der Waals surface area contributed by atoms with Crippen molar-refractivity contribution in [1.29, 1.82) is 0 Å². The summed E-state index contributed by atoms with van der Waals surface area (Å²) >= 11 is 0. The average Bonchev–Trinajstić information content (AvgIpc) is 4.01. The van der Waals surface area contributed by atoms with Crippen molar-refractivity contribution >= 4 is 76.6 Å². The van der Waals surface area contributed by atoms with Crippen LogP contribution >= 0.6 is 0 Å². The van der Waals surface area contributed by atoms with Crippen LogP contribution in [0.15, 0.2) is 197 Å². The van der Waals surface area contributed by atoms with Crippen molar-refractivity contribution in [3.8, 4) is 51.0 Å². The van der Waals surface area contributed by atoms with E-state index < -0.39 is 0 Å². The van der Waals surface area contributed by atoms with Crippen LogP contribution in [0.25, 0.3) is 128 Å². The van der Waals surface area contributed by atoms with E-state index in [1.54, 1.807) is 6.20 Å². The molecule has 7 nitrogen and oxygen atoms in total. The number of rotatable bonds is 5. The van der Waals surface area contributed by atoms with Gasteiger partial charge >= 0.3 is 0 Å². The molecule has 0 saturated heterocycles. The minimum absolute atomic E-state index is 0.505. The number of hydrogen-bond donors (Lipinski definition) is 0. The van der Waals surface area contributed by atoms with Crippen LogP contribution < -0.4 is 0 Å². The summed E-state index contributed by atoms with van der Waals surface area (Å²) in [6, 6.07) is 62.8. The number of pyridine rings is 1. The van der Waals surface area contributed by atoms with Crippen molar-refractivity contribution in [2.75, 3.05) is 0 Å². The van der Waals surface area contributed by atoms with Crippen LogP contribution in [-0.2, 0) is 0 Å². The second kappa shape index (κ2) is 13.0. The van der Waals surface area contributed by atoms with Crippen LogP contribution in [-0.4, -0.2) is 24.5 Å². The van der Waals surface area contributed by atoms with Crippen LogP contribution in [0.1, 0.15) is 0 Å². The highest BCUT2D eigenvalue weighted by Gasteiger charge is 2.23. The number of para-hydroxylation sites is 3. The molecule has 0 bridgehead atoms. The zero-order valence-electron chi connectivity index (χ0n) is 32.5. The van der Waals surface area contributed by atoms with Crippen molar-refractivity contribution < 1.29 is 8.83 Å². The van der Waals surface area contributed by atoms with E-state index in [-0.39, 0.29) is 0 Å². The summed E-state index contributed by atoms with van der Waals surface area (Å²) in [5, 5.41) is 8.57. The topological polar surface area (TPSA) is 82.8 Å². The Morgan fingerprint density at radius 1 is 0.410 bits per heavy atom. The van der Waals surface area contributed by atoms with Crippen LogP contribution in [0.3, 0.4) is 0 Å². The monoisotopic (exact) mass is 781 g/mol. The summed E-state index contributed by atoms with van der Waals surface area (Å²) in [5.74, 6) is 1.60. The molecule has 0 radical (unpaired) electrons. The standard InChI is InChI=1S/C54H31N5O2/c1-2-11-32(12-3-1)33-21-23-35(24-22-33)51-56-52(36-26-27-40-39-16-7-9-20-46(39)60-47(40)31-36)58-53(57-51)43-29-30-55-54-48(43)42-17-10-19-45(50(42)61-54)59-44-18-8-6-15-38(44)41-28-25-34-13-4-5-14-37(34)49(41)59/h1-31H. The molecule has 5 heterocycles. The highest BCUT2D eigenvalue weighted by molar-refractivity contribution is 6.20. The quantitative estimate of drug-likeness (QED) is 0.173. The van der Waals surface area contributed by atoms with Crippen molar-refractivity contribution in [3.05, 3.63) is 188 Å². The molecule has 7 heteroatoms. The summed E-state index contributed by atoms with van der Waals surface area (Å²) in [5.41, 5.74) is 10.7. The zero-order valence-corrected chi connectivity index (χ0v) is 32.5. The van der Waals surface area contributed by atoms with Gasteiger partial charge in [0.1, 0.15) is 11.2 Å². The molecular weight excluding hydrogens is 751 g/mol. The Labute approximate surface area is 347 Å². The van der Waals surface area contributed by atoms with E-state index in [1.165, 1.54) is 21.5 Å². The summed E-state index contributed by atoms with van der Waals surface area (Å²) in [4.78, 5) is 20.3. The predicted molar refractivity (Wildman–Crippen MR) is 246 cm³/mol. The fourth-order valence-corrected chi connectivity index (χ4v) is 9.11. The number of aromatic nitrogens is 5. The molecule has 0 amide bonds. The van der Waals surface area contributed by atoms with Crippen LogP contribution in [0.5, 0.6) is 0 Å². The van der Waals surface area contributed by atoms with Gasteiger partial charge in [0.25, 0.3) is 0 Å². The van der Waals surface area contributed by atoms with E-state index in [9.17, 15) is 0 Å². The fraction of sp³-hybridized carbons (Fsp3) is 0. The predicted octanol–water partition coefficient (Wildman–Crippen LogP) is 14.0. The first-order valence-electron chi connectivity index (χ1n) is 20.3. The van der Waals surface area contributed by atoms with Gasteiger partial charge in [-0.25, -0.2) is 19.9 Å². The summed E-state index contributed by atoms with van der Waals surface area (Å²) < 4.78 is 15.5. The van der Waals surface area contributed by atoms with Crippen LogP contribution in [0.4, 0.5) is 0 Å². The second-order valence-corrected chi connectivity index (χ2v) is 15.4. The number of benzene rings is 8. The summed E-state index contributed by atoms with van der Waals surface area (Å²) in [7, 11) is 0. The first kappa shape index (κ1) is 33.5. The number of fused-ring (bicyclic) bond motifs is 11. The van der Waals surface area contributed by atoms with Crippen molar-refractivity contribution in [2.45, 2.75) is 0 Å². The molecule has 13 aromatic rings. The second-order valence-electron chi connectivity index (χ2n) is 15.4. The molecule has 0 spiro atoms. The maximum Gasteiger partial charge on any atom is 0.228 e. The highest BCUT2D eigenvalue weighted by atomic mass is 16.3. The van der Waals surface area contributed by atoms with Gasteiger partial charge < -0.3 is 13.4 Å². The van der Waals surface area contributed by atoms with Gasteiger partial charge in [0.05, 0.1) is 22.1 Å². The number of nitrogens with zero attached hydrogens (tertiary/aromatic N) is 5. The van der Waals surface area contributed by atoms with Gasteiger partial charge in [-0.15, -0.1) is 0 Å². The van der Waals surface area contributed by atoms with Gasteiger partial charge in [-0.2, -0.15) is 0 Å². The minimum Gasteiger partial charge on any atom is -0.456 e. The van der Waals surface area contributed by atoms with Gasteiger partial charge in [0, 0.05) is 55.2 Å². The Kier molecular flexibility index (Phi) is 7.17. The van der Waals surface area contributed by atoms with Gasteiger partial charge in [0.15, 0.2) is 23.1 Å². The molecule has 8 aromatic carbocycles. The largest absolute Gasteiger partial charge is 0.456 e. The maximum atomic E-state index is 6.83. The van der Waals surface area contributed by atoms with Gasteiger partial charge in [-0.3, -0.25) is 0 Å². The lowest BCUT2D eigenvalue weighted by Crippen LogP contribution is -2.00. The highest BCUT2D eigenvalue weighted by Crippen LogP contribution is 2.42.